The number of hydrogen-bond donors (Lipinski definition) is 2. The first-order valence-electron chi connectivity index (χ1n) is 8.71. The lowest BCUT2D eigenvalue weighted by Gasteiger charge is -2.36. The normalized spacial score (nSPS) is 14.5. The van der Waals surface area contributed by atoms with E-state index in [0.29, 0.717) is 0 Å². The SMILES string of the molecule is CCC(C)(c1ccc2ccccc2c1)[C@H](C)NCC(=O)CNC(=O)OI. The van der Waals surface area contributed by atoms with Crippen molar-refractivity contribution in [2.45, 2.75) is 38.6 Å². The summed E-state index contributed by atoms with van der Waals surface area (Å²) in [5.41, 5.74) is 1.14. The minimum atomic E-state index is -0.610. The molecule has 0 aliphatic carbocycles. The largest absolute Gasteiger partial charge is 0.417 e. The number of halogens is 1. The lowest BCUT2D eigenvalue weighted by molar-refractivity contribution is -0.117. The molecule has 0 fully saturated rings. The van der Waals surface area contributed by atoms with Gasteiger partial charge in [-0.2, -0.15) is 0 Å². The molecule has 26 heavy (non-hydrogen) atoms. The van der Waals surface area contributed by atoms with Crippen molar-refractivity contribution >= 4 is 45.7 Å². The topological polar surface area (TPSA) is 67.4 Å². The van der Waals surface area contributed by atoms with Gasteiger partial charge in [0.25, 0.3) is 0 Å². The van der Waals surface area contributed by atoms with Crippen molar-refractivity contribution in [2.24, 2.45) is 0 Å². The number of ketones is 1. The Kier molecular flexibility index (Phi) is 7.40. The van der Waals surface area contributed by atoms with Crippen LogP contribution < -0.4 is 10.6 Å². The lowest BCUT2D eigenvalue weighted by atomic mass is 9.74. The third-order valence-electron chi connectivity index (χ3n) is 5.20. The fourth-order valence-corrected chi connectivity index (χ4v) is 3.21. The zero-order valence-electron chi connectivity index (χ0n) is 15.3. The molecule has 2 N–H and O–H groups in total. The molecule has 0 aromatic heterocycles. The molecular formula is C20H25IN2O3. The number of fused-ring (bicyclic) bond motifs is 1. The second-order valence-corrected chi connectivity index (χ2v) is 7.13. The first-order chi connectivity index (χ1) is 12.4. The summed E-state index contributed by atoms with van der Waals surface area (Å²) in [7, 11) is 0. The van der Waals surface area contributed by atoms with Gasteiger partial charge in [0.15, 0.2) is 28.8 Å². The van der Waals surface area contributed by atoms with E-state index in [4.69, 9.17) is 0 Å². The van der Waals surface area contributed by atoms with Gasteiger partial charge >= 0.3 is 6.09 Å². The number of amides is 1. The molecule has 1 unspecified atom stereocenters. The van der Waals surface area contributed by atoms with Gasteiger partial charge in [0, 0.05) is 11.5 Å². The zero-order chi connectivity index (χ0) is 19.2. The second-order valence-electron chi connectivity index (χ2n) is 6.69. The molecule has 2 aromatic carbocycles. The van der Waals surface area contributed by atoms with E-state index >= 15 is 0 Å². The molecule has 0 spiro atoms. The Bertz CT molecular complexity index is 780. The summed E-state index contributed by atoms with van der Waals surface area (Å²) in [5.74, 6) is -0.0874. The van der Waals surface area contributed by atoms with E-state index in [1.165, 1.54) is 39.3 Å². The van der Waals surface area contributed by atoms with Crippen molar-refractivity contribution in [3.05, 3.63) is 48.0 Å². The molecule has 5 nitrogen and oxygen atoms in total. The maximum atomic E-state index is 12.0. The summed E-state index contributed by atoms with van der Waals surface area (Å²) in [6.07, 6.45) is 0.328. The van der Waals surface area contributed by atoms with Crippen LogP contribution in [-0.2, 0) is 13.3 Å². The van der Waals surface area contributed by atoms with Crippen LogP contribution in [0.15, 0.2) is 42.5 Å². The van der Waals surface area contributed by atoms with E-state index in [0.717, 1.165) is 6.42 Å². The van der Waals surface area contributed by atoms with E-state index < -0.39 is 6.09 Å². The second kappa shape index (κ2) is 9.32. The molecule has 0 aliphatic heterocycles. The van der Waals surface area contributed by atoms with Crippen molar-refractivity contribution in [3.8, 4) is 0 Å². The van der Waals surface area contributed by atoms with Crippen LogP contribution in [-0.4, -0.2) is 31.0 Å². The molecule has 6 heteroatoms. The number of rotatable bonds is 8. The maximum Gasteiger partial charge on any atom is 0.417 e. The molecule has 2 atom stereocenters. The van der Waals surface area contributed by atoms with E-state index in [1.807, 2.05) is 12.1 Å². The van der Waals surface area contributed by atoms with Gasteiger partial charge in [-0.15, -0.1) is 0 Å². The van der Waals surface area contributed by atoms with E-state index in [1.54, 1.807) is 0 Å². The number of benzene rings is 2. The minimum Gasteiger partial charge on any atom is -0.378 e. The number of hydrogen-bond acceptors (Lipinski definition) is 4. The van der Waals surface area contributed by atoms with Crippen LogP contribution >= 0.6 is 23.0 Å². The molecule has 0 aliphatic rings. The highest BCUT2D eigenvalue weighted by molar-refractivity contribution is 14.1. The van der Waals surface area contributed by atoms with Crippen molar-refractivity contribution < 1.29 is 12.7 Å². The first-order valence-corrected chi connectivity index (χ1v) is 9.59. The molecule has 140 valence electrons. The van der Waals surface area contributed by atoms with Crippen LogP contribution in [0.4, 0.5) is 4.79 Å². The summed E-state index contributed by atoms with van der Waals surface area (Å²) in [5, 5.41) is 8.16. The van der Waals surface area contributed by atoms with Gasteiger partial charge < -0.3 is 13.7 Å². The van der Waals surface area contributed by atoms with Gasteiger partial charge in [0.2, 0.25) is 0 Å². The van der Waals surface area contributed by atoms with Crippen molar-refractivity contribution in [2.75, 3.05) is 13.1 Å². The number of Topliss-reactive ketones (excluding diaryl/α,β-unsaturated/α-hetero) is 1. The highest BCUT2D eigenvalue weighted by Gasteiger charge is 2.31. The van der Waals surface area contributed by atoms with E-state index in [-0.39, 0.29) is 30.3 Å². The fourth-order valence-electron chi connectivity index (χ4n) is 3.06. The molecule has 1 amide bonds. The predicted octanol–water partition coefficient (Wildman–Crippen LogP) is 4.13. The molecular weight excluding hydrogens is 443 g/mol. The average molecular weight is 468 g/mol. The van der Waals surface area contributed by atoms with E-state index in [9.17, 15) is 9.59 Å². The summed E-state index contributed by atoms with van der Waals surface area (Å²) in [4.78, 5) is 23.0. The Morgan fingerprint density at radius 2 is 1.85 bits per heavy atom. The molecule has 0 heterocycles. The number of carbonyl (C=O) groups excluding carboxylic acids is 2. The average Bonchev–Trinajstić information content (AvgIpc) is 2.68. The third-order valence-corrected chi connectivity index (χ3v) is 5.60. The Hall–Kier alpha value is -1.67. The Labute approximate surface area is 168 Å². The van der Waals surface area contributed by atoms with Gasteiger partial charge in [-0.3, -0.25) is 4.79 Å². The highest BCUT2D eigenvalue weighted by Crippen LogP contribution is 2.33. The van der Waals surface area contributed by atoms with Crippen LogP contribution in [0.2, 0.25) is 0 Å². The maximum absolute atomic E-state index is 12.0. The van der Waals surface area contributed by atoms with Gasteiger partial charge in [-0.05, 0) is 29.7 Å². The molecule has 2 rings (SSSR count). The summed E-state index contributed by atoms with van der Waals surface area (Å²) >= 11 is 1.48. The van der Waals surface area contributed by atoms with Crippen LogP contribution in [0, 0.1) is 0 Å². The van der Waals surface area contributed by atoms with Crippen LogP contribution in [0.1, 0.15) is 32.8 Å². The molecule has 0 saturated heterocycles. The minimum absolute atomic E-state index is 0.0413. The molecule has 0 bridgehead atoms. The summed E-state index contributed by atoms with van der Waals surface area (Å²) < 4.78 is 4.44. The van der Waals surface area contributed by atoms with Crippen molar-refractivity contribution in [1.29, 1.82) is 0 Å². The first kappa shape index (κ1) is 20.6. The predicted molar refractivity (Wildman–Crippen MR) is 113 cm³/mol. The molecule has 0 radical (unpaired) electrons. The monoisotopic (exact) mass is 468 g/mol. The summed E-state index contributed by atoms with van der Waals surface area (Å²) in [6, 6.07) is 15.0. The summed E-state index contributed by atoms with van der Waals surface area (Å²) in [6.45, 7) is 6.63. The fraction of sp³-hybridized carbons (Fsp3) is 0.400. The van der Waals surface area contributed by atoms with Gasteiger partial charge in [-0.1, -0.05) is 56.3 Å². The number of nitrogens with one attached hydrogen (secondary N) is 2. The zero-order valence-corrected chi connectivity index (χ0v) is 17.5. The smallest absolute Gasteiger partial charge is 0.378 e. The molecule has 2 aromatic rings. The van der Waals surface area contributed by atoms with Crippen molar-refractivity contribution in [3.63, 3.8) is 0 Å². The quantitative estimate of drug-likeness (QED) is 0.572. The highest BCUT2D eigenvalue weighted by atomic mass is 127. The lowest BCUT2D eigenvalue weighted by Crippen LogP contribution is -2.47. The van der Waals surface area contributed by atoms with Crippen LogP contribution in [0.25, 0.3) is 10.8 Å². The standard InChI is InChI=1S/C20H25IN2O3/c1-4-20(3,14(2)22-12-18(24)13-23-19(25)26-21)17-10-9-15-7-5-6-8-16(15)11-17/h5-11,14,22H,4,12-13H2,1-3H3,(H,23,25)/t14-,20?/m0/s1. The third kappa shape index (κ3) is 4.94. The van der Waals surface area contributed by atoms with E-state index in [2.05, 4.69) is 64.8 Å². The van der Waals surface area contributed by atoms with Gasteiger partial charge in [-0.25, -0.2) is 4.79 Å². The van der Waals surface area contributed by atoms with Gasteiger partial charge in [0.05, 0.1) is 13.1 Å². The van der Waals surface area contributed by atoms with Crippen LogP contribution in [0.3, 0.4) is 0 Å². The number of carbonyl (C=O) groups is 2. The Balaban J connectivity index is 2.06. The van der Waals surface area contributed by atoms with Crippen molar-refractivity contribution in [1.82, 2.24) is 10.6 Å². The molecule has 0 saturated carbocycles. The Morgan fingerprint density at radius 1 is 1.15 bits per heavy atom. The Morgan fingerprint density at radius 3 is 2.50 bits per heavy atom. The van der Waals surface area contributed by atoms with Crippen LogP contribution in [0.5, 0.6) is 0 Å². The van der Waals surface area contributed by atoms with Gasteiger partial charge in [0.1, 0.15) is 0 Å².